The average Bonchev–Trinajstić information content (AvgIpc) is 2.82. The number of amides is 1. The largest absolute Gasteiger partial charge is 0.373 e. The van der Waals surface area contributed by atoms with Gasteiger partial charge in [-0.2, -0.15) is 0 Å². The average molecular weight is 296 g/mol. The molecule has 2 aromatic rings. The van der Waals surface area contributed by atoms with E-state index in [1.165, 1.54) is 11.8 Å². The van der Waals surface area contributed by atoms with Gasteiger partial charge in [-0.25, -0.2) is 4.98 Å². The predicted molar refractivity (Wildman–Crippen MR) is 79.0 cm³/mol. The molecule has 0 aromatic carbocycles. The number of carbonyl (C=O) groups is 1. The van der Waals surface area contributed by atoms with Crippen LogP contribution in [0.4, 0.5) is 5.82 Å². The number of aryl methyl sites for hydroxylation is 1. The summed E-state index contributed by atoms with van der Waals surface area (Å²) in [6, 6.07) is 3.67. The van der Waals surface area contributed by atoms with Gasteiger partial charge >= 0.3 is 0 Å². The second-order valence-corrected chi connectivity index (χ2v) is 5.42. The minimum Gasteiger partial charge on any atom is -0.373 e. The Hall–Kier alpha value is -1.59. The second kappa shape index (κ2) is 6.04. The summed E-state index contributed by atoms with van der Waals surface area (Å²) in [5.41, 5.74) is 1.61. The fraction of sp³-hybridized carbons (Fsp3) is 0.231. The number of thiophene rings is 1. The van der Waals surface area contributed by atoms with E-state index in [4.69, 9.17) is 11.6 Å². The molecule has 2 rings (SSSR count). The first kappa shape index (κ1) is 13.8. The van der Waals surface area contributed by atoms with Crippen molar-refractivity contribution in [1.29, 1.82) is 0 Å². The normalized spacial score (nSPS) is 10.3. The summed E-state index contributed by atoms with van der Waals surface area (Å²) in [4.78, 5) is 17.3. The molecule has 0 unspecified atom stereocenters. The monoisotopic (exact) mass is 295 g/mol. The summed E-state index contributed by atoms with van der Waals surface area (Å²) in [6.07, 6.45) is 1.47. The number of hydrogen-bond acceptors (Lipinski definition) is 4. The standard InChI is InChI=1S/C13H14ClN3OS/c1-8-3-4-19-11(8)7-17-13(18)9-5-12(15-2)16-6-10(9)14/h3-6H,7H2,1-2H3,(H,15,16)(H,17,18). The van der Waals surface area contributed by atoms with E-state index in [1.807, 2.05) is 18.4 Å². The van der Waals surface area contributed by atoms with Crippen molar-refractivity contribution in [2.45, 2.75) is 13.5 Å². The first-order valence-corrected chi connectivity index (χ1v) is 7.02. The van der Waals surface area contributed by atoms with Gasteiger partial charge < -0.3 is 10.6 Å². The van der Waals surface area contributed by atoms with Gasteiger partial charge in [-0.15, -0.1) is 11.3 Å². The van der Waals surface area contributed by atoms with Gasteiger partial charge in [-0.05, 0) is 30.0 Å². The Kier molecular flexibility index (Phi) is 4.39. The molecular weight excluding hydrogens is 282 g/mol. The minimum atomic E-state index is -0.197. The van der Waals surface area contributed by atoms with E-state index in [9.17, 15) is 4.79 Å². The first-order valence-electron chi connectivity index (χ1n) is 5.76. The molecule has 0 bridgehead atoms. The number of rotatable bonds is 4. The molecule has 0 saturated heterocycles. The molecule has 0 atom stereocenters. The predicted octanol–water partition coefficient (Wildman–Crippen LogP) is 3.08. The minimum absolute atomic E-state index is 0.197. The Labute approximate surface area is 120 Å². The molecule has 2 heterocycles. The van der Waals surface area contributed by atoms with E-state index < -0.39 is 0 Å². The lowest BCUT2D eigenvalue weighted by molar-refractivity contribution is 0.0951. The number of halogens is 1. The third kappa shape index (κ3) is 3.24. The zero-order valence-corrected chi connectivity index (χ0v) is 12.2. The Bertz CT molecular complexity index is 597. The fourth-order valence-corrected chi connectivity index (χ4v) is 2.63. The molecule has 100 valence electrons. The lowest BCUT2D eigenvalue weighted by atomic mass is 10.2. The summed E-state index contributed by atoms with van der Waals surface area (Å²) in [5, 5.41) is 8.10. The van der Waals surface area contributed by atoms with Crippen molar-refractivity contribution >= 4 is 34.7 Å². The molecule has 2 aromatic heterocycles. The summed E-state index contributed by atoms with van der Waals surface area (Å²) in [6.45, 7) is 2.53. The highest BCUT2D eigenvalue weighted by Gasteiger charge is 2.12. The van der Waals surface area contributed by atoms with Crippen molar-refractivity contribution < 1.29 is 4.79 Å². The van der Waals surface area contributed by atoms with Crippen LogP contribution in [0.25, 0.3) is 0 Å². The maximum absolute atomic E-state index is 12.1. The molecule has 1 amide bonds. The number of pyridine rings is 1. The van der Waals surface area contributed by atoms with Crippen LogP contribution in [0.2, 0.25) is 5.02 Å². The SMILES string of the molecule is CNc1cc(C(=O)NCc2sccc2C)c(Cl)cn1. The van der Waals surface area contributed by atoms with Crippen LogP contribution in [0.15, 0.2) is 23.7 Å². The van der Waals surface area contributed by atoms with Crippen LogP contribution in [-0.4, -0.2) is 17.9 Å². The quantitative estimate of drug-likeness (QED) is 0.911. The Morgan fingerprint density at radius 2 is 2.32 bits per heavy atom. The van der Waals surface area contributed by atoms with Crippen molar-refractivity contribution in [2.24, 2.45) is 0 Å². The van der Waals surface area contributed by atoms with Gasteiger partial charge in [0, 0.05) is 18.1 Å². The molecule has 0 fully saturated rings. The van der Waals surface area contributed by atoms with E-state index in [0.29, 0.717) is 22.9 Å². The third-order valence-electron chi connectivity index (χ3n) is 2.73. The van der Waals surface area contributed by atoms with E-state index in [1.54, 1.807) is 24.5 Å². The van der Waals surface area contributed by atoms with Crippen LogP contribution < -0.4 is 10.6 Å². The maximum atomic E-state index is 12.1. The molecule has 2 N–H and O–H groups in total. The van der Waals surface area contributed by atoms with Crippen molar-refractivity contribution in [3.8, 4) is 0 Å². The number of nitrogens with one attached hydrogen (secondary N) is 2. The molecule has 4 nitrogen and oxygen atoms in total. The molecular formula is C13H14ClN3OS. The molecule has 0 spiro atoms. The van der Waals surface area contributed by atoms with Crippen LogP contribution in [-0.2, 0) is 6.54 Å². The first-order chi connectivity index (χ1) is 9.11. The van der Waals surface area contributed by atoms with E-state index >= 15 is 0 Å². The fourth-order valence-electron chi connectivity index (χ4n) is 1.59. The van der Waals surface area contributed by atoms with Gasteiger partial charge in [-0.1, -0.05) is 11.6 Å². The van der Waals surface area contributed by atoms with Crippen LogP contribution in [0, 0.1) is 6.92 Å². The lowest BCUT2D eigenvalue weighted by Crippen LogP contribution is -2.23. The summed E-state index contributed by atoms with van der Waals surface area (Å²) < 4.78 is 0. The molecule has 0 radical (unpaired) electrons. The molecule has 0 aliphatic heterocycles. The van der Waals surface area contributed by atoms with E-state index in [0.717, 1.165) is 4.88 Å². The van der Waals surface area contributed by atoms with Gasteiger partial charge in [-0.3, -0.25) is 4.79 Å². The number of aromatic nitrogens is 1. The van der Waals surface area contributed by atoms with Crippen molar-refractivity contribution in [1.82, 2.24) is 10.3 Å². The van der Waals surface area contributed by atoms with Crippen molar-refractivity contribution in [3.05, 3.63) is 44.7 Å². The lowest BCUT2D eigenvalue weighted by Gasteiger charge is -2.08. The number of hydrogen-bond donors (Lipinski definition) is 2. The molecule has 0 aliphatic rings. The maximum Gasteiger partial charge on any atom is 0.253 e. The Morgan fingerprint density at radius 1 is 1.53 bits per heavy atom. The van der Waals surface area contributed by atoms with E-state index in [-0.39, 0.29) is 5.91 Å². The number of nitrogens with zero attached hydrogens (tertiary/aromatic N) is 1. The Balaban J connectivity index is 2.10. The van der Waals surface area contributed by atoms with Gasteiger partial charge in [0.1, 0.15) is 5.82 Å². The summed E-state index contributed by atoms with van der Waals surface area (Å²) >= 11 is 7.62. The van der Waals surface area contributed by atoms with Crippen molar-refractivity contribution in [3.63, 3.8) is 0 Å². The highest BCUT2D eigenvalue weighted by Crippen LogP contribution is 2.19. The second-order valence-electron chi connectivity index (χ2n) is 4.01. The number of carbonyl (C=O) groups excluding carboxylic acids is 1. The summed E-state index contributed by atoms with van der Waals surface area (Å²) in [5.74, 6) is 0.415. The number of anilines is 1. The van der Waals surface area contributed by atoms with Crippen LogP contribution in [0.1, 0.15) is 20.8 Å². The topological polar surface area (TPSA) is 54.0 Å². The van der Waals surface area contributed by atoms with Crippen LogP contribution in [0.3, 0.4) is 0 Å². The highest BCUT2D eigenvalue weighted by molar-refractivity contribution is 7.10. The highest BCUT2D eigenvalue weighted by atomic mass is 35.5. The van der Waals surface area contributed by atoms with Gasteiger partial charge in [0.15, 0.2) is 0 Å². The molecule has 6 heteroatoms. The van der Waals surface area contributed by atoms with Crippen molar-refractivity contribution in [2.75, 3.05) is 12.4 Å². The zero-order chi connectivity index (χ0) is 13.8. The van der Waals surface area contributed by atoms with Gasteiger partial charge in [0.25, 0.3) is 5.91 Å². The van der Waals surface area contributed by atoms with Crippen LogP contribution in [0.5, 0.6) is 0 Å². The van der Waals surface area contributed by atoms with Crippen LogP contribution >= 0.6 is 22.9 Å². The summed E-state index contributed by atoms with van der Waals surface area (Å²) in [7, 11) is 1.74. The smallest absolute Gasteiger partial charge is 0.253 e. The zero-order valence-electron chi connectivity index (χ0n) is 10.7. The molecule has 0 aliphatic carbocycles. The molecule has 0 saturated carbocycles. The Morgan fingerprint density at radius 3 is 2.95 bits per heavy atom. The van der Waals surface area contributed by atoms with Gasteiger partial charge in [0.05, 0.1) is 17.1 Å². The van der Waals surface area contributed by atoms with E-state index in [2.05, 4.69) is 15.6 Å². The van der Waals surface area contributed by atoms with Gasteiger partial charge in [0.2, 0.25) is 0 Å². The molecule has 19 heavy (non-hydrogen) atoms. The third-order valence-corrected chi connectivity index (χ3v) is 4.06.